The molecule has 0 bridgehead atoms. The fourth-order valence-electron chi connectivity index (χ4n) is 3.98. The molecule has 0 aromatic rings. The summed E-state index contributed by atoms with van der Waals surface area (Å²) in [5.74, 6) is 0.242. The molecule has 0 aliphatic heterocycles. The van der Waals surface area contributed by atoms with Crippen LogP contribution in [0.5, 0.6) is 0 Å². The van der Waals surface area contributed by atoms with Crippen LogP contribution in [-0.4, -0.2) is 19.6 Å². The van der Waals surface area contributed by atoms with Crippen LogP contribution in [0.15, 0.2) is 0 Å². The second-order valence-corrected chi connectivity index (χ2v) is 9.90. The molecular weight excluding hydrogens is 384 g/mol. The smallest absolute Gasteiger partial charge is 0.264 e. The molecule has 0 aliphatic rings. The van der Waals surface area contributed by atoms with Gasteiger partial charge < -0.3 is 0 Å². The van der Waals surface area contributed by atoms with E-state index in [4.69, 9.17) is 4.55 Å². The molecule has 0 saturated carbocycles. The van der Waals surface area contributed by atoms with Gasteiger partial charge in [0.25, 0.3) is 0 Å². The first-order chi connectivity index (χ1) is 14.0. The summed E-state index contributed by atoms with van der Waals surface area (Å²) in [6.07, 6.45) is 25.6. The Kier molecular flexibility index (Phi) is 21.0. The molecule has 0 rings (SSSR count). The minimum absolute atomic E-state index is 0.128. The summed E-state index contributed by atoms with van der Waals surface area (Å²) in [5.41, 5.74) is 0. The first-order valence-electron chi connectivity index (χ1n) is 12.6. The normalized spacial score (nSPS) is 13.1. The molecule has 0 radical (unpaired) electrons. The van der Waals surface area contributed by atoms with Crippen molar-refractivity contribution in [2.45, 2.75) is 142 Å². The second kappa shape index (κ2) is 21.1. The maximum Gasteiger partial charge on any atom is 0.397 e. The lowest BCUT2D eigenvalue weighted by molar-refractivity contribution is 0.204. The van der Waals surface area contributed by atoms with Crippen molar-refractivity contribution in [3.8, 4) is 0 Å². The molecule has 0 heterocycles. The molecule has 0 amide bonds. The van der Waals surface area contributed by atoms with Gasteiger partial charge in [-0.15, -0.1) is 0 Å². The molecule has 1 unspecified atom stereocenters. The number of rotatable bonds is 23. The summed E-state index contributed by atoms with van der Waals surface area (Å²) in [6, 6.07) is 0. The average Bonchev–Trinajstić information content (AvgIpc) is 2.68. The molecule has 4 nitrogen and oxygen atoms in total. The monoisotopic (exact) mass is 434 g/mol. The molecule has 5 heteroatoms. The summed E-state index contributed by atoms with van der Waals surface area (Å²) in [5, 5.41) is 0. The Morgan fingerprint density at radius 1 is 0.586 bits per heavy atom. The Morgan fingerprint density at radius 2 is 0.897 bits per heavy atom. The number of unbranched alkanes of at least 4 members (excludes halogenated alkanes) is 16. The summed E-state index contributed by atoms with van der Waals surface area (Å²) >= 11 is 0. The molecular formula is C24H50O4S. The minimum atomic E-state index is -4.31. The van der Waals surface area contributed by atoms with Gasteiger partial charge in [-0.25, -0.2) is 4.18 Å². The van der Waals surface area contributed by atoms with Crippen molar-refractivity contribution in [3.05, 3.63) is 0 Å². The fourth-order valence-corrected chi connectivity index (χ4v) is 4.34. The zero-order chi connectivity index (χ0) is 21.6. The van der Waals surface area contributed by atoms with Crippen molar-refractivity contribution < 1.29 is 17.2 Å². The second-order valence-electron chi connectivity index (χ2n) is 8.81. The molecule has 1 atom stereocenters. The molecule has 0 aliphatic carbocycles. The van der Waals surface area contributed by atoms with Crippen molar-refractivity contribution in [2.24, 2.45) is 5.92 Å². The van der Waals surface area contributed by atoms with Crippen LogP contribution < -0.4 is 0 Å². The molecule has 0 spiro atoms. The highest BCUT2D eigenvalue weighted by Gasteiger charge is 2.13. The van der Waals surface area contributed by atoms with E-state index in [9.17, 15) is 8.42 Å². The van der Waals surface area contributed by atoms with Crippen LogP contribution >= 0.6 is 0 Å². The highest BCUT2D eigenvalue weighted by atomic mass is 32.3. The van der Waals surface area contributed by atoms with Gasteiger partial charge in [-0.1, -0.05) is 129 Å². The predicted octanol–water partition coefficient (Wildman–Crippen LogP) is 8.26. The van der Waals surface area contributed by atoms with E-state index in [1.807, 2.05) is 0 Å². The Hall–Kier alpha value is -0.130. The quantitative estimate of drug-likeness (QED) is 0.130. The molecule has 0 aromatic heterocycles. The average molecular weight is 435 g/mol. The topological polar surface area (TPSA) is 63.6 Å². The summed E-state index contributed by atoms with van der Waals surface area (Å²) in [4.78, 5) is 0. The largest absolute Gasteiger partial charge is 0.397 e. The van der Waals surface area contributed by atoms with E-state index in [1.54, 1.807) is 0 Å². The minimum Gasteiger partial charge on any atom is -0.264 e. The summed E-state index contributed by atoms with van der Waals surface area (Å²) in [7, 11) is -4.31. The van der Waals surface area contributed by atoms with Crippen LogP contribution in [0.1, 0.15) is 142 Å². The third kappa shape index (κ3) is 24.0. The van der Waals surface area contributed by atoms with Crippen LogP contribution in [-0.2, 0) is 14.6 Å². The molecule has 176 valence electrons. The zero-order valence-electron chi connectivity index (χ0n) is 19.5. The lowest BCUT2D eigenvalue weighted by Crippen LogP contribution is -2.14. The molecule has 1 N–H and O–H groups in total. The van der Waals surface area contributed by atoms with E-state index in [0.29, 0.717) is 0 Å². The van der Waals surface area contributed by atoms with Crippen molar-refractivity contribution in [1.82, 2.24) is 0 Å². The van der Waals surface area contributed by atoms with Gasteiger partial charge in [0.2, 0.25) is 0 Å². The SMILES string of the molecule is CCCCCCCCCCCCCCCCC(CCCCCC)COS(=O)(=O)O. The Bertz CT molecular complexity index is 423. The Morgan fingerprint density at radius 3 is 1.24 bits per heavy atom. The third-order valence-corrected chi connectivity index (χ3v) is 6.32. The lowest BCUT2D eigenvalue weighted by atomic mass is 9.95. The molecule has 0 aromatic carbocycles. The lowest BCUT2D eigenvalue weighted by Gasteiger charge is -2.16. The number of hydrogen-bond acceptors (Lipinski definition) is 3. The molecule has 0 saturated heterocycles. The van der Waals surface area contributed by atoms with E-state index in [1.165, 1.54) is 103 Å². The predicted molar refractivity (Wildman–Crippen MR) is 125 cm³/mol. The van der Waals surface area contributed by atoms with Crippen molar-refractivity contribution in [2.75, 3.05) is 6.61 Å². The van der Waals surface area contributed by atoms with Gasteiger partial charge in [0.05, 0.1) is 6.61 Å². The van der Waals surface area contributed by atoms with Crippen LogP contribution in [0.4, 0.5) is 0 Å². The van der Waals surface area contributed by atoms with E-state index >= 15 is 0 Å². The molecule has 29 heavy (non-hydrogen) atoms. The fraction of sp³-hybridized carbons (Fsp3) is 1.00. The van der Waals surface area contributed by atoms with E-state index < -0.39 is 10.4 Å². The zero-order valence-corrected chi connectivity index (χ0v) is 20.3. The van der Waals surface area contributed by atoms with Gasteiger partial charge in [-0.2, -0.15) is 8.42 Å². The van der Waals surface area contributed by atoms with Gasteiger partial charge in [0, 0.05) is 0 Å². The van der Waals surface area contributed by atoms with Gasteiger partial charge >= 0.3 is 10.4 Å². The Balaban J connectivity index is 3.60. The van der Waals surface area contributed by atoms with Gasteiger partial charge in [0.1, 0.15) is 0 Å². The maximum atomic E-state index is 10.8. The van der Waals surface area contributed by atoms with E-state index in [0.717, 1.165) is 25.7 Å². The third-order valence-electron chi connectivity index (χ3n) is 5.88. The highest BCUT2D eigenvalue weighted by Crippen LogP contribution is 2.20. The van der Waals surface area contributed by atoms with Crippen molar-refractivity contribution >= 4 is 10.4 Å². The Labute approximate surface area is 182 Å². The van der Waals surface area contributed by atoms with Crippen LogP contribution in [0, 0.1) is 5.92 Å². The van der Waals surface area contributed by atoms with Crippen LogP contribution in [0.2, 0.25) is 0 Å². The van der Waals surface area contributed by atoms with Crippen molar-refractivity contribution in [3.63, 3.8) is 0 Å². The standard InChI is InChI=1S/C24H50O4S/c1-3-5-7-9-10-11-12-13-14-15-16-17-18-20-22-24(21-19-8-6-4-2)23-28-29(25,26)27/h24H,3-23H2,1-2H3,(H,25,26,27). The first-order valence-corrected chi connectivity index (χ1v) is 14.0. The summed E-state index contributed by atoms with van der Waals surface area (Å²) < 4.78 is 35.2. The van der Waals surface area contributed by atoms with Gasteiger partial charge in [-0.3, -0.25) is 4.55 Å². The van der Waals surface area contributed by atoms with E-state index in [2.05, 4.69) is 18.0 Å². The van der Waals surface area contributed by atoms with Crippen molar-refractivity contribution in [1.29, 1.82) is 0 Å². The van der Waals surface area contributed by atoms with E-state index in [-0.39, 0.29) is 12.5 Å². The van der Waals surface area contributed by atoms with Crippen LogP contribution in [0.3, 0.4) is 0 Å². The highest BCUT2D eigenvalue weighted by molar-refractivity contribution is 7.80. The maximum absolute atomic E-state index is 10.8. The molecule has 0 fully saturated rings. The van der Waals surface area contributed by atoms with Gasteiger partial charge in [-0.05, 0) is 18.8 Å². The first kappa shape index (κ1) is 28.9. The summed E-state index contributed by atoms with van der Waals surface area (Å²) in [6.45, 7) is 4.59. The van der Waals surface area contributed by atoms with Gasteiger partial charge in [0.15, 0.2) is 0 Å². The van der Waals surface area contributed by atoms with Crippen LogP contribution in [0.25, 0.3) is 0 Å². The number of hydrogen-bond donors (Lipinski definition) is 1.